The van der Waals surface area contributed by atoms with E-state index >= 15 is 0 Å². The van der Waals surface area contributed by atoms with E-state index in [9.17, 15) is 4.79 Å². The van der Waals surface area contributed by atoms with Crippen LogP contribution in [0.25, 0.3) is 10.9 Å². The molecule has 0 fully saturated rings. The van der Waals surface area contributed by atoms with E-state index < -0.39 is 0 Å². The van der Waals surface area contributed by atoms with Crippen molar-refractivity contribution in [3.05, 3.63) is 28.9 Å². The summed E-state index contributed by atoms with van der Waals surface area (Å²) in [7, 11) is 0. The minimum absolute atomic E-state index is 0.00990. The summed E-state index contributed by atoms with van der Waals surface area (Å²) in [6.07, 6.45) is 1.70. The number of rotatable bonds is 0. The first-order valence-electron chi connectivity index (χ1n) is 5.66. The average Bonchev–Trinajstić information content (AvgIpc) is 2.37. The first-order chi connectivity index (χ1) is 8.66. The molecule has 0 spiro atoms. The molecule has 4 nitrogen and oxygen atoms in total. The predicted octanol–water partition coefficient (Wildman–Crippen LogP) is 2.74. The summed E-state index contributed by atoms with van der Waals surface area (Å²) >= 11 is 3.44. The molecule has 0 unspecified atom stereocenters. The summed E-state index contributed by atoms with van der Waals surface area (Å²) in [6, 6.07) is 5.83. The van der Waals surface area contributed by atoms with Crippen molar-refractivity contribution in [1.29, 1.82) is 0 Å². The van der Waals surface area contributed by atoms with Gasteiger partial charge >= 0.3 is 0 Å². The molecule has 1 aliphatic heterocycles. The molecule has 0 saturated heterocycles. The monoisotopic (exact) mass is 306 g/mol. The minimum atomic E-state index is 0.00990. The van der Waals surface area contributed by atoms with E-state index in [1.807, 2.05) is 18.2 Å². The number of pyridine rings is 1. The maximum absolute atomic E-state index is 11.6. The zero-order chi connectivity index (χ0) is 12.7. The van der Waals surface area contributed by atoms with Crippen LogP contribution in [-0.4, -0.2) is 24.0 Å². The summed E-state index contributed by atoms with van der Waals surface area (Å²) in [5.74, 6) is 0.749. The average molecular weight is 307 g/mol. The maximum atomic E-state index is 11.6. The molecule has 1 aromatic carbocycles. The molecule has 92 valence electrons. The third-order valence-electron chi connectivity index (χ3n) is 2.99. The second kappa shape index (κ2) is 4.24. The maximum Gasteiger partial charge on any atom is 0.224 e. The van der Waals surface area contributed by atoms with E-state index in [0.29, 0.717) is 13.2 Å². The van der Waals surface area contributed by atoms with Crippen LogP contribution in [0, 0.1) is 0 Å². The number of halogens is 1. The third-order valence-corrected chi connectivity index (χ3v) is 3.49. The number of carbonyl (C=O) groups is 1. The van der Waals surface area contributed by atoms with Crippen LogP contribution >= 0.6 is 15.9 Å². The van der Waals surface area contributed by atoms with Gasteiger partial charge in [0, 0.05) is 16.8 Å². The summed E-state index contributed by atoms with van der Waals surface area (Å²) in [5, 5.41) is 0.924. The Hall–Kier alpha value is -1.62. The van der Waals surface area contributed by atoms with Crippen LogP contribution in [0.15, 0.2) is 28.9 Å². The zero-order valence-electron chi connectivity index (χ0n) is 9.81. The van der Waals surface area contributed by atoms with Crippen molar-refractivity contribution in [2.24, 2.45) is 0 Å². The number of fused-ring (bicyclic) bond motifs is 3. The third kappa shape index (κ3) is 1.75. The molecule has 3 rings (SSSR count). The first-order valence-corrected chi connectivity index (χ1v) is 6.45. The molecule has 1 amide bonds. The normalized spacial score (nSPS) is 14.2. The van der Waals surface area contributed by atoms with Gasteiger partial charge in [0.15, 0.2) is 5.75 Å². The highest BCUT2D eigenvalue weighted by molar-refractivity contribution is 9.10. The van der Waals surface area contributed by atoms with Crippen LogP contribution in [-0.2, 0) is 4.79 Å². The van der Waals surface area contributed by atoms with Gasteiger partial charge in [-0.05, 0) is 18.2 Å². The van der Waals surface area contributed by atoms with E-state index in [0.717, 1.165) is 26.8 Å². The summed E-state index contributed by atoms with van der Waals surface area (Å²) in [4.78, 5) is 17.7. The molecule has 0 bridgehead atoms. The Morgan fingerprint density at radius 2 is 2.33 bits per heavy atom. The number of amides is 1. The molecule has 5 heteroatoms. The number of hydrogen-bond acceptors (Lipinski definition) is 3. The van der Waals surface area contributed by atoms with Crippen molar-refractivity contribution in [2.75, 3.05) is 18.1 Å². The second-order valence-corrected chi connectivity index (χ2v) is 5.07. The Balaban J connectivity index is 2.27. The van der Waals surface area contributed by atoms with Gasteiger partial charge in [0.25, 0.3) is 0 Å². The molecule has 1 aliphatic rings. The van der Waals surface area contributed by atoms with Gasteiger partial charge in [-0.15, -0.1) is 0 Å². The number of aromatic nitrogens is 1. The minimum Gasteiger partial charge on any atom is -0.489 e. The van der Waals surface area contributed by atoms with Gasteiger partial charge < -0.3 is 9.64 Å². The molecule has 2 heterocycles. The smallest absolute Gasteiger partial charge is 0.224 e. The fourth-order valence-corrected chi connectivity index (χ4v) is 2.52. The molecule has 1 aromatic heterocycles. The van der Waals surface area contributed by atoms with Crippen LogP contribution < -0.4 is 9.64 Å². The van der Waals surface area contributed by atoms with E-state index in [1.165, 1.54) is 0 Å². The van der Waals surface area contributed by atoms with Crippen molar-refractivity contribution in [2.45, 2.75) is 6.92 Å². The summed E-state index contributed by atoms with van der Waals surface area (Å²) in [6.45, 7) is 2.64. The van der Waals surface area contributed by atoms with E-state index in [2.05, 4.69) is 20.9 Å². The van der Waals surface area contributed by atoms with E-state index in [-0.39, 0.29) is 5.91 Å². The first kappa shape index (κ1) is 11.5. The van der Waals surface area contributed by atoms with Gasteiger partial charge in [-0.3, -0.25) is 9.78 Å². The van der Waals surface area contributed by atoms with Gasteiger partial charge in [-0.2, -0.15) is 0 Å². The van der Waals surface area contributed by atoms with Crippen LogP contribution in [0.3, 0.4) is 0 Å². The van der Waals surface area contributed by atoms with Gasteiger partial charge in [-0.1, -0.05) is 15.9 Å². The van der Waals surface area contributed by atoms with Gasteiger partial charge in [0.1, 0.15) is 12.3 Å². The van der Waals surface area contributed by atoms with Crippen LogP contribution in [0.4, 0.5) is 5.69 Å². The standard InChI is InChI=1S/C13H11BrN2O2/c1-8(17)16-4-5-18-13-10-6-9(14)2-3-11(10)15-7-12(13)16/h2-3,6-7H,4-5H2,1H3. The lowest BCUT2D eigenvalue weighted by Crippen LogP contribution is -2.36. The zero-order valence-corrected chi connectivity index (χ0v) is 11.4. The number of hydrogen-bond donors (Lipinski definition) is 0. The number of ether oxygens (including phenoxy) is 1. The van der Waals surface area contributed by atoms with E-state index in [4.69, 9.17) is 4.74 Å². The highest BCUT2D eigenvalue weighted by Crippen LogP contribution is 2.38. The van der Waals surface area contributed by atoms with Crippen molar-refractivity contribution < 1.29 is 9.53 Å². The molecule has 2 aromatic rings. The molecular formula is C13H11BrN2O2. The quantitative estimate of drug-likeness (QED) is 0.751. The van der Waals surface area contributed by atoms with Crippen molar-refractivity contribution in [3.63, 3.8) is 0 Å². The summed E-state index contributed by atoms with van der Waals surface area (Å²) in [5.41, 5.74) is 1.61. The lowest BCUT2D eigenvalue weighted by atomic mass is 10.1. The molecule has 0 aliphatic carbocycles. The Morgan fingerprint density at radius 1 is 1.50 bits per heavy atom. The Labute approximate surface area is 113 Å². The highest BCUT2D eigenvalue weighted by atomic mass is 79.9. The fraction of sp³-hybridized carbons (Fsp3) is 0.231. The van der Waals surface area contributed by atoms with Crippen molar-refractivity contribution in [3.8, 4) is 5.75 Å². The topological polar surface area (TPSA) is 42.4 Å². The molecule has 0 saturated carbocycles. The van der Waals surface area contributed by atoms with Crippen LogP contribution in [0.1, 0.15) is 6.92 Å². The molecule has 0 radical (unpaired) electrons. The number of anilines is 1. The molecule has 0 N–H and O–H groups in total. The van der Waals surface area contributed by atoms with Crippen molar-refractivity contribution >= 4 is 38.4 Å². The lowest BCUT2D eigenvalue weighted by Gasteiger charge is -2.29. The lowest BCUT2D eigenvalue weighted by molar-refractivity contribution is -0.116. The Kier molecular flexibility index (Phi) is 2.70. The largest absolute Gasteiger partial charge is 0.489 e. The van der Waals surface area contributed by atoms with Crippen LogP contribution in [0.5, 0.6) is 5.75 Å². The number of nitrogens with zero attached hydrogens (tertiary/aromatic N) is 2. The Bertz CT molecular complexity index is 642. The SMILES string of the molecule is CC(=O)N1CCOc2c1cnc1ccc(Br)cc21. The van der Waals surface area contributed by atoms with Gasteiger partial charge in [0.05, 0.1) is 18.3 Å². The molecule has 18 heavy (non-hydrogen) atoms. The van der Waals surface area contributed by atoms with E-state index in [1.54, 1.807) is 18.0 Å². The highest BCUT2D eigenvalue weighted by Gasteiger charge is 2.23. The predicted molar refractivity (Wildman–Crippen MR) is 73.0 cm³/mol. The molecule has 0 atom stereocenters. The van der Waals surface area contributed by atoms with Gasteiger partial charge in [-0.25, -0.2) is 0 Å². The van der Waals surface area contributed by atoms with Gasteiger partial charge in [0.2, 0.25) is 5.91 Å². The van der Waals surface area contributed by atoms with Crippen LogP contribution in [0.2, 0.25) is 0 Å². The number of benzene rings is 1. The second-order valence-electron chi connectivity index (χ2n) is 4.15. The molecular weight excluding hydrogens is 296 g/mol. The fourth-order valence-electron chi connectivity index (χ4n) is 2.16. The summed E-state index contributed by atoms with van der Waals surface area (Å²) < 4.78 is 6.68. The van der Waals surface area contributed by atoms with Crippen molar-refractivity contribution in [1.82, 2.24) is 4.98 Å². The number of carbonyl (C=O) groups excluding carboxylic acids is 1. The Morgan fingerprint density at radius 3 is 3.11 bits per heavy atom.